The second-order valence-corrected chi connectivity index (χ2v) is 7.23. The largest absolute Gasteiger partial charge is 0.362 e. The zero-order valence-electron chi connectivity index (χ0n) is 16.2. The van der Waals surface area contributed by atoms with Crippen molar-refractivity contribution >= 4 is 39.9 Å². The summed E-state index contributed by atoms with van der Waals surface area (Å²) in [7, 11) is 5.61. The Morgan fingerprint density at radius 3 is 2.46 bits per heavy atom. The first-order valence-corrected chi connectivity index (χ1v) is 9.21. The first kappa shape index (κ1) is 19.9. The number of urea groups is 1. The summed E-state index contributed by atoms with van der Waals surface area (Å²) in [5, 5.41) is 4.77. The highest BCUT2D eigenvalue weighted by molar-refractivity contribution is 6.31. The van der Waals surface area contributed by atoms with Crippen LogP contribution in [0.4, 0.5) is 20.7 Å². The van der Waals surface area contributed by atoms with Gasteiger partial charge in [0.1, 0.15) is 11.6 Å². The zero-order valence-corrected chi connectivity index (χ0v) is 17.0. The summed E-state index contributed by atoms with van der Waals surface area (Å²) >= 11 is 5.79. The van der Waals surface area contributed by atoms with Crippen molar-refractivity contribution in [1.82, 2.24) is 9.88 Å². The number of hydrogen-bond donors (Lipinski definition) is 1. The molecule has 0 saturated heterocycles. The molecule has 2 amide bonds. The fourth-order valence-electron chi connectivity index (χ4n) is 3.06. The van der Waals surface area contributed by atoms with Crippen LogP contribution in [0.5, 0.6) is 0 Å². The molecule has 0 aliphatic rings. The lowest BCUT2D eigenvalue weighted by Gasteiger charge is -2.27. The van der Waals surface area contributed by atoms with E-state index in [-0.39, 0.29) is 17.1 Å². The Balaban J connectivity index is 1.88. The number of nitrogens with zero attached hydrogens (tertiary/aromatic N) is 3. The highest BCUT2D eigenvalue weighted by Gasteiger charge is 2.21. The summed E-state index contributed by atoms with van der Waals surface area (Å²) in [5.41, 5.74) is 1.37. The van der Waals surface area contributed by atoms with Crippen LogP contribution in [0.2, 0.25) is 5.02 Å². The molecule has 3 rings (SSSR count). The van der Waals surface area contributed by atoms with Crippen molar-refractivity contribution in [2.24, 2.45) is 0 Å². The molecule has 1 unspecified atom stereocenters. The van der Waals surface area contributed by atoms with Gasteiger partial charge in [-0.3, -0.25) is 0 Å². The van der Waals surface area contributed by atoms with Gasteiger partial charge in [0.25, 0.3) is 0 Å². The average molecular weight is 401 g/mol. The van der Waals surface area contributed by atoms with Gasteiger partial charge in [0.2, 0.25) is 0 Å². The van der Waals surface area contributed by atoms with Crippen molar-refractivity contribution in [3.05, 3.63) is 65.1 Å². The van der Waals surface area contributed by atoms with Crippen LogP contribution in [0.1, 0.15) is 18.5 Å². The summed E-state index contributed by atoms with van der Waals surface area (Å²) in [6.45, 7) is 1.94. The fraction of sp³-hybridized carbons (Fsp3) is 0.238. The van der Waals surface area contributed by atoms with Crippen LogP contribution in [-0.2, 0) is 0 Å². The number of anilines is 2. The number of amides is 2. The number of carbonyl (C=O) groups excluding carboxylic acids is 1. The minimum Gasteiger partial charge on any atom is -0.362 e. The smallest absolute Gasteiger partial charge is 0.322 e. The van der Waals surface area contributed by atoms with E-state index >= 15 is 0 Å². The maximum Gasteiger partial charge on any atom is 0.322 e. The summed E-state index contributed by atoms with van der Waals surface area (Å²) in [6.07, 6.45) is 1.81. The van der Waals surface area contributed by atoms with Crippen LogP contribution in [0.15, 0.2) is 48.7 Å². The first-order chi connectivity index (χ1) is 13.3. The van der Waals surface area contributed by atoms with Gasteiger partial charge in [-0.05, 0) is 30.5 Å². The molecule has 0 bridgehead atoms. The molecule has 0 aliphatic carbocycles. The van der Waals surface area contributed by atoms with Crippen molar-refractivity contribution < 1.29 is 9.18 Å². The lowest BCUT2D eigenvalue weighted by molar-refractivity contribution is 0.208. The molecule has 1 N–H and O–H groups in total. The number of fused-ring (bicyclic) bond motifs is 1. The monoisotopic (exact) mass is 400 g/mol. The van der Waals surface area contributed by atoms with Gasteiger partial charge in [-0.1, -0.05) is 35.9 Å². The Kier molecular flexibility index (Phi) is 5.70. The Hall–Kier alpha value is -2.86. The van der Waals surface area contributed by atoms with Crippen molar-refractivity contribution in [1.29, 1.82) is 0 Å². The summed E-state index contributed by atoms with van der Waals surface area (Å²) in [4.78, 5) is 20.8. The lowest BCUT2D eigenvalue weighted by Crippen LogP contribution is -2.33. The van der Waals surface area contributed by atoms with Gasteiger partial charge in [-0.25, -0.2) is 14.2 Å². The third-order valence-corrected chi connectivity index (χ3v) is 5.04. The molecule has 28 heavy (non-hydrogen) atoms. The molecule has 0 radical (unpaired) electrons. The number of halogens is 2. The molecule has 0 saturated carbocycles. The number of carbonyl (C=O) groups is 1. The van der Waals surface area contributed by atoms with E-state index in [9.17, 15) is 9.18 Å². The molecule has 0 aliphatic heterocycles. The fourth-order valence-corrected chi connectivity index (χ4v) is 3.24. The molecule has 1 atom stereocenters. The van der Waals surface area contributed by atoms with E-state index in [2.05, 4.69) is 10.3 Å². The number of pyridine rings is 1. The Labute approximate surface area is 168 Å². The maximum atomic E-state index is 13.3. The standard InChI is InChI=1S/C21H22ClFN4O/c1-13(27(4)21(28)25-14-9-10-19(23)18(22)11-14)17-12-24-20(26(2)3)16-8-6-5-7-15(16)17/h5-13H,1-4H3,(H,25,28). The molecule has 5 nitrogen and oxygen atoms in total. The zero-order chi connectivity index (χ0) is 20.4. The third-order valence-electron chi connectivity index (χ3n) is 4.75. The van der Waals surface area contributed by atoms with E-state index < -0.39 is 5.82 Å². The molecular formula is C21H22ClFN4O. The summed E-state index contributed by atoms with van der Waals surface area (Å²) in [6, 6.07) is 11.5. The van der Waals surface area contributed by atoms with Crippen molar-refractivity contribution in [2.45, 2.75) is 13.0 Å². The molecular weight excluding hydrogens is 379 g/mol. The molecule has 146 valence electrons. The van der Waals surface area contributed by atoms with Crippen molar-refractivity contribution in [3.63, 3.8) is 0 Å². The normalized spacial score (nSPS) is 11.9. The Morgan fingerprint density at radius 2 is 1.82 bits per heavy atom. The number of benzene rings is 2. The molecule has 7 heteroatoms. The molecule has 3 aromatic rings. The molecule has 0 fully saturated rings. The van der Waals surface area contributed by atoms with Crippen LogP contribution in [0.3, 0.4) is 0 Å². The number of nitrogens with one attached hydrogen (secondary N) is 1. The predicted octanol–water partition coefficient (Wildman–Crippen LogP) is 5.32. The molecule has 2 aromatic carbocycles. The van der Waals surface area contributed by atoms with E-state index in [1.54, 1.807) is 18.1 Å². The molecule has 1 heterocycles. The van der Waals surface area contributed by atoms with E-state index in [4.69, 9.17) is 11.6 Å². The van der Waals surface area contributed by atoms with Crippen LogP contribution in [-0.4, -0.2) is 37.1 Å². The van der Waals surface area contributed by atoms with Gasteiger partial charge in [-0.15, -0.1) is 0 Å². The van der Waals surface area contributed by atoms with Crippen molar-refractivity contribution in [2.75, 3.05) is 31.4 Å². The van der Waals surface area contributed by atoms with Gasteiger partial charge in [0.05, 0.1) is 11.1 Å². The predicted molar refractivity (Wildman–Crippen MR) is 113 cm³/mol. The quantitative estimate of drug-likeness (QED) is 0.644. The topological polar surface area (TPSA) is 48.5 Å². The summed E-state index contributed by atoms with van der Waals surface area (Å²) < 4.78 is 13.3. The number of aromatic nitrogens is 1. The maximum absolute atomic E-state index is 13.3. The van der Waals surface area contributed by atoms with Gasteiger partial charge >= 0.3 is 6.03 Å². The third kappa shape index (κ3) is 3.87. The first-order valence-electron chi connectivity index (χ1n) is 8.83. The van der Waals surface area contributed by atoms with Crippen LogP contribution in [0, 0.1) is 5.82 Å². The van der Waals surface area contributed by atoms with Gasteiger partial charge in [-0.2, -0.15) is 0 Å². The summed E-state index contributed by atoms with van der Waals surface area (Å²) in [5.74, 6) is 0.347. The second kappa shape index (κ2) is 8.02. The minimum absolute atomic E-state index is 0.0389. The van der Waals surface area contributed by atoms with Crippen molar-refractivity contribution in [3.8, 4) is 0 Å². The highest BCUT2D eigenvalue weighted by atomic mass is 35.5. The number of hydrogen-bond acceptors (Lipinski definition) is 3. The Bertz CT molecular complexity index is 1020. The average Bonchev–Trinajstić information content (AvgIpc) is 2.68. The van der Waals surface area contributed by atoms with E-state index in [0.717, 1.165) is 22.2 Å². The SMILES string of the molecule is CC(c1cnc(N(C)C)c2ccccc12)N(C)C(=O)Nc1ccc(F)c(Cl)c1. The highest BCUT2D eigenvalue weighted by Crippen LogP contribution is 2.31. The van der Waals surface area contributed by atoms with E-state index in [1.165, 1.54) is 18.2 Å². The van der Waals surface area contributed by atoms with Gasteiger partial charge in [0, 0.05) is 44.0 Å². The Morgan fingerprint density at radius 1 is 1.14 bits per heavy atom. The van der Waals surface area contributed by atoms with Crippen LogP contribution >= 0.6 is 11.6 Å². The second-order valence-electron chi connectivity index (χ2n) is 6.82. The molecule has 0 spiro atoms. The van der Waals surface area contributed by atoms with Gasteiger partial charge < -0.3 is 15.1 Å². The van der Waals surface area contributed by atoms with Crippen LogP contribution in [0.25, 0.3) is 10.8 Å². The minimum atomic E-state index is -0.528. The van der Waals surface area contributed by atoms with Crippen LogP contribution < -0.4 is 10.2 Å². The van der Waals surface area contributed by atoms with E-state index in [0.29, 0.717) is 5.69 Å². The number of rotatable bonds is 4. The lowest BCUT2D eigenvalue weighted by atomic mass is 10.0. The molecule has 1 aromatic heterocycles. The van der Waals surface area contributed by atoms with E-state index in [1.807, 2.05) is 50.2 Å². The van der Waals surface area contributed by atoms with Gasteiger partial charge in [0.15, 0.2) is 0 Å².